The van der Waals surface area contributed by atoms with Gasteiger partial charge in [0.1, 0.15) is 0 Å². The van der Waals surface area contributed by atoms with Gasteiger partial charge in [-0.05, 0) is 101 Å². The van der Waals surface area contributed by atoms with Crippen molar-refractivity contribution < 1.29 is 5.11 Å². The van der Waals surface area contributed by atoms with E-state index in [0.29, 0.717) is 11.8 Å². The molecule has 0 aromatic carbocycles. The first kappa shape index (κ1) is 21.2. The zero-order valence-corrected chi connectivity index (χ0v) is 19.4. The number of hydrogen-bond acceptors (Lipinski definition) is 2. The number of aliphatic hydroxyl groups is 1. The SMILES string of the molecule is CC(C)=CC[C@@H](C)[C@H]1CC[C@H]2C3=C(CC[C@]12C)[C@@]1(C)CC[C@H](O)C[C@]1(C#N)CC3. The molecule has 0 unspecified atom stereocenters. The first-order valence-corrected chi connectivity index (χ1v) is 12.1. The zero-order chi connectivity index (χ0) is 21.0. The van der Waals surface area contributed by atoms with Crippen molar-refractivity contribution in [2.24, 2.45) is 34.0 Å². The third-order valence-electron chi connectivity index (χ3n) is 10.0. The molecule has 7 atom stereocenters. The van der Waals surface area contributed by atoms with Crippen LogP contribution in [0.3, 0.4) is 0 Å². The van der Waals surface area contributed by atoms with E-state index in [1.54, 1.807) is 11.1 Å². The highest BCUT2D eigenvalue weighted by molar-refractivity contribution is 5.39. The molecule has 2 fully saturated rings. The maximum absolute atomic E-state index is 10.4. The molecule has 2 saturated carbocycles. The molecule has 4 aliphatic carbocycles. The van der Waals surface area contributed by atoms with Gasteiger partial charge in [-0.15, -0.1) is 0 Å². The smallest absolute Gasteiger partial charge is 0.0700 e. The molecule has 0 spiro atoms. The minimum absolute atomic E-state index is 0.0122. The van der Waals surface area contributed by atoms with Gasteiger partial charge in [0.15, 0.2) is 0 Å². The average molecular weight is 396 g/mol. The van der Waals surface area contributed by atoms with Crippen molar-refractivity contribution in [3.05, 3.63) is 22.8 Å². The number of nitriles is 1. The van der Waals surface area contributed by atoms with Gasteiger partial charge >= 0.3 is 0 Å². The predicted molar refractivity (Wildman–Crippen MR) is 119 cm³/mol. The molecule has 160 valence electrons. The molecule has 2 nitrogen and oxygen atoms in total. The van der Waals surface area contributed by atoms with E-state index in [9.17, 15) is 10.4 Å². The molecular weight excluding hydrogens is 354 g/mol. The molecule has 0 aromatic heterocycles. The molecule has 0 amide bonds. The summed E-state index contributed by atoms with van der Waals surface area (Å²) in [5, 5.41) is 20.6. The van der Waals surface area contributed by atoms with Gasteiger partial charge in [0.05, 0.1) is 17.6 Å². The van der Waals surface area contributed by atoms with Crippen LogP contribution in [-0.4, -0.2) is 11.2 Å². The largest absolute Gasteiger partial charge is 0.393 e. The number of hydrogen-bond donors (Lipinski definition) is 1. The number of nitrogens with zero attached hydrogens (tertiary/aromatic N) is 1. The first-order chi connectivity index (χ1) is 13.7. The van der Waals surface area contributed by atoms with Gasteiger partial charge in [0.2, 0.25) is 0 Å². The maximum Gasteiger partial charge on any atom is 0.0700 e. The summed E-state index contributed by atoms with van der Waals surface area (Å²) >= 11 is 0. The van der Waals surface area contributed by atoms with Crippen LogP contribution in [0.2, 0.25) is 0 Å². The van der Waals surface area contributed by atoms with E-state index < -0.39 is 0 Å². The predicted octanol–water partition coefficient (Wildman–Crippen LogP) is 6.96. The summed E-state index contributed by atoms with van der Waals surface area (Å²) in [6.07, 6.45) is 13.1. The molecule has 2 heteroatoms. The Kier molecular flexibility index (Phi) is 5.30. The standard InChI is InChI=1S/C27H41NO/c1-18(2)6-7-19(3)22-8-9-23-21-11-15-27(17-28)16-20(29)10-14-26(27,5)24(21)12-13-25(22,23)4/h6,19-20,22-23,29H,7-16H2,1-5H3/t19-,20+,22-,23+,25-,26-,27+/m1/s1. The lowest BCUT2D eigenvalue weighted by Gasteiger charge is -2.58. The van der Waals surface area contributed by atoms with Gasteiger partial charge in [0.25, 0.3) is 0 Å². The fraction of sp³-hybridized carbons (Fsp3) is 0.815. The second-order valence-corrected chi connectivity index (χ2v) is 11.7. The maximum atomic E-state index is 10.4. The Labute approximate surface area is 178 Å². The van der Waals surface area contributed by atoms with Gasteiger partial charge in [-0.1, -0.05) is 43.6 Å². The van der Waals surface area contributed by atoms with E-state index in [2.05, 4.69) is 46.8 Å². The Morgan fingerprint density at radius 1 is 1.17 bits per heavy atom. The summed E-state index contributed by atoms with van der Waals surface area (Å²) in [6.45, 7) is 11.9. The minimum atomic E-state index is -0.341. The van der Waals surface area contributed by atoms with Gasteiger partial charge < -0.3 is 5.11 Å². The van der Waals surface area contributed by atoms with Gasteiger partial charge in [-0.25, -0.2) is 0 Å². The summed E-state index contributed by atoms with van der Waals surface area (Å²) in [4.78, 5) is 0. The van der Waals surface area contributed by atoms with Crippen LogP contribution in [0.5, 0.6) is 0 Å². The molecule has 0 aromatic rings. The van der Waals surface area contributed by atoms with Crippen LogP contribution < -0.4 is 0 Å². The summed E-state index contributed by atoms with van der Waals surface area (Å²) < 4.78 is 0. The van der Waals surface area contributed by atoms with Crippen molar-refractivity contribution in [2.75, 3.05) is 0 Å². The van der Waals surface area contributed by atoms with E-state index >= 15 is 0 Å². The number of aliphatic hydroxyl groups excluding tert-OH is 1. The molecule has 0 saturated heterocycles. The van der Waals surface area contributed by atoms with Gasteiger partial charge in [0, 0.05) is 5.41 Å². The Balaban J connectivity index is 1.66. The molecule has 0 radical (unpaired) electrons. The highest BCUT2D eigenvalue weighted by Gasteiger charge is 2.60. The monoisotopic (exact) mass is 395 g/mol. The van der Waals surface area contributed by atoms with E-state index in [1.165, 1.54) is 37.7 Å². The van der Waals surface area contributed by atoms with Crippen molar-refractivity contribution >= 4 is 0 Å². The second-order valence-electron chi connectivity index (χ2n) is 11.7. The highest BCUT2D eigenvalue weighted by atomic mass is 16.3. The summed E-state index contributed by atoms with van der Waals surface area (Å²) in [5.74, 6) is 2.30. The molecule has 4 rings (SSSR count). The zero-order valence-electron chi connectivity index (χ0n) is 19.4. The van der Waals surface area contributed by atoms with E-state index in [0.717, 1.165) is 43.4 Å². The molecular formula is C27H41NO. The van der Waals surface area contributed by atoms with Crippen LogP contribution in [0.25, 0.3) is 0 Å². The Bertz CT molecular complexity index is 768. The molecule has 0 heterocycles. The molecule has 1 N–H and O–H groups in total. The van der Waals surface area contributed by atoms with Crippen LogP contribution >= 0.6 is 0 Å². The van der Waals surface area contributed by atoms with Crippen molar-refractivity contribution in [3.63, 3.8) is 0 Å². The third kappa shape index (κ3) is 3.06. The van der Waals surface area contributed by atoms with Crippen molar-refractivity contribution in [1.29, 1.82) is 5.26 Å². The van der Waals surface area contributed by atoms with Gasteiger partial charge in [-0.2, -0.15) is 5.26 Å². The Morgan fingerprint density at radius 2 is 1.93 bits per heavy atom. The van der Waals surface area contributed by atoms with E-state index in [-0.39, 0.29) is 16.9 Å². The van der Waals surface area contributed by atoms with E-state index in [4.69, 9.17) is 0 Å². The quantitative estimate of drug-likeness (QED) is 0.525. The lowest BCUT2D eigenvalue weighted by molar-refractivity contribution is -0.0252. The first-order valence-electron chi connectivity index (χ1n) is 12.1. The van der Waals surface area contributed by atoms with Gasteiger partial charge in [-0.3, -0.25) is 0 Å². The van der Waals surface area contributed by atoms with E-state index in [1.807, 2.05) is 0 Å². The number of rotatable bonds is 3. The topological polar surface area (TPSA) is 44.0 Å². The minimum Gasteiger partial charge on any atom is -0.393 e. The van der Waals surface area contributed by atoms with Crippen molar-refractivity contribution in [1.82, 2.24) is 0 Å². The average Bonchev–Trinajstić information content (AvgIpc) is 3.04. The lowest BCUT2D eigenvalue weighted by atomic mass is 9.45. The molecule has 0 bridgehead atoms. The fourth-order valence-corrected chi connectivity index (χ4v) is 8.25. The van der Waals surface area contributed by atoms with Crippen LogP contribution in [0.1, 0.15) is 98.8 Å². The van der Waals surface area contributed by atoms with Crippen LogP contribution in [0.4, 0.5) is 0 Å². The normalized spacial score (nSPS) is 44.9. The van der Waals surface area contributed by atoms with Crippen LogP contribution in [-0.2, 0) is 0 Å². The molecule has 0 aliphatic heterocycles. The Morgan fingerprint density at radius 3 is 2.62 bits per heavy atom. The number of fused-ring (bicyclic) bond motifs is 4. The van der Waals surface area contributed by atoms with Crippen LogP contribution in [0.15, 0.2) is 22.8 Å². The van der Waals surface area contributed by atoms with Crippen molar-refractivity contribution in [2.45, 2.75) is 105 Å². The Hall–Kier alpha value is -1.07. The second kappa shape index (κ2) is 7.26. The van der Waals surface area contributed by atoms with Crippen molar-refractivity contribution in [3.8, 4) is 6.07 Å². The van der Waals surface area contributed by atoms with Crippen LogP contribution in [0, 0.1) is 45.3 Å². The summed E-state index contributed by atoms with van der Waals surface area (Å²) in [5.41, 5.74) is 4.92. The fourth-order valence-electron chi connectivity index (χ4n) is 8.25. The third-order valence-corrected chi connectivity index (χ3v) is 10.0. The summed E-state index contributed by atoms with van der Waals surface area (Å²) in [6, 6.07) is 2.75. The molecule has 4 aliphatic rings. The highest BCUT2D eigenvalue weighted by Crippen LogP contribution is 2.68. The molecule has 29 heavy (non-hydrogen) atoms. The summed E-state index contributed by atoms with van der Waals surface area (Å²) in [7, 11) is 0. The lowest BCUT2D eigenvalue weighted by Crippen LogP contribution is -2.51. The number of allylic oxidation sites excluding steroid dienone is 4.